The lowest BCUT2D eigenvalue weighted by molar-refractivity contribution is -0.140. The average molecular weight is 385 g/mol. The molecular formula is C17H22F3N5O2. The SMILES string of the molecule is CC(C)n1cc(C(F)(F)F)nc1-c1cnc(CNC(=O)OC(C)(C)C)cn1. The first-order valence-electron chi connectivity index (χ1n) is 8.31. The molecule has 1 N–H and O–H groups in total. The summed E-state index contributed by atoms with van der Waals surface area (Å²) >= 11 is 0. The maximum Gasteiger partial charge on any atom is 0.434 e. The molecule has 1 amide bonds. The van der Waals surface area contributed by atoms with E-state index in [1.165, 1.54) is 17.0 Å². The quantitative estimate of drug-likeness (QED) is 0.861. The van der Waals surface area contributed by atoms with Crippen LogP contribution >= 0.6 is 0 Å². The van der Waals surface area contributed by atoms with E-state index in [0.717, 1.165) is 6.20 Å². The Balaban J connectivity index is 2.15. The molecule has 0 saturated carbocycles. The van der Waals surface area contributed by atoms with Gasteiger partial charge in [0.2, 0.25) is 0 Å². The first-order chi connectivity index (χ1) is 12.4. The summed E-state index contributed by atoms with van der Waals surface area (Å²) in [7, 11) is 0. The molecule has 0 saturated heterocycles. The molecular weight excluding hydrogens is 363 g/mol. The van der Waals surface area contributed by atoms with Gasteiger partial charge in [-0.3, -0.25) is 4.98 Å². The molecule has 0 spiro atoms. The normalized spacial score (nSPS) is 12.3. The van der Waals surface area contributed by atoms with Gasteiger partial charge >= 0.3 is 12.3 Å². The Bertz CT molecular complexity index is 792. The number of rotatable bonds is 4. The number of imidazole rings is 1. The molecule has 148 valence electrons. The number of alkyl carbamates (subject to hydrolysis) is 1. The van der Waals surface area contributed by atoms with Gasteiger partial charge in [0.15, 0.2) is 11.5 Å². The van der Waals surface area contributed by atoms with Crippen molar-refractivity contribution in [2.24, 2.45) is 0 Å². The smallest absolute Gasteiger partial charge is 0.434 e. The summed E-state index contributed by atoms with van der Waals surface area (Å²) in [6.45, 7) is 8.80. The number of ether oxygens (including phenoxy) is 1. The minimum absolute atomic E-state index is 0.0780. The molecule has 0 aromatic carbocycles. The summed E-state index contributed by atoms with van der Waals surface area (Å²) < 4.78 is 45.4. The highest BCUT2D eigenvalue weighted by molar-refractivity contribution is 5.67. The topological polar surface area (TPSA) is 81.9 Å². The molecule has 27 heavy (non-hydrogen) atoms. The minimum atomic E-state index is -4.54. The van der Waals surface area contributed by atoms with E-state index in [0.29, 0.717) is 5.69 Å². The number of hydrogen-bond donors (Lipinski definition) is 1. The van der Waals surface area contributed by atoms with Gasteiger partial charge in [-0.25, -0.2) is 14.8 Å². The Morgan fingerprint density at radius 1 is 1.22 bits per heavy atom. The van der Waals surface area contributed by atoms with Gasteiger partial charge in [-0.15, -0.1) is 0 Å². The second-order valence-corrected chi connectivity index (χ2v) is 7.20. The monoisotopic (exact) mass is 385 g/mol. The number of carbonyl (C=O) groups excluding carboxylic acids is 1. The zero-order valence-corrected chi connectivity index (χ0v) is 15.8. The Morgan fingerprint density at radius 3 is 2.37 bits per heavy atom. The van der Waals surface area contributed by atoms with E-state index in [2.05, 4.69) is 20.3 Å². The Morgan fingerprint density at radius 2 is 1.89 bits per heavy atom. The third-order valence-corrected chi connectivity index (χ3v) is 3.33. The zero-order valence-electron chi connectivity index (χ0n) is 15.8. The Hall–Kier alpha value is -2.65. The summed E-state index contributed by atoms with van der Waals surface area (Å²) in [4.78, 5) is 23.6. The highest BCUT2D eigenvalue weighted by Crippen LogP contribution is 2.31. The summed E-state index contributed by atoms with van der Waals surface area (Å²) in [5, 5.41) is 2.54. The predicted molar refractivity (Wildman–Crippen MR) is 91.7 cm³/mol. The Labute approximate surface area is 155 Å². The molecule has 2 aromatic rings. The van der Waals surface area contributed by atoms with Crippen LogP contribution in [0.15, 0.2) is 18.6 Å². The van der Waals surface area contributed by atoms with E-state index in [1.807, 2.05) is 0 Å². The molecule has 0 atom stereocenters. The van der Waals surface area contributed by atoms with Crippen LogP contribution < -0.4 is 5.32 Å². The van der Waals surface area contributed by atoms with Crippen molar-refractivity contribution in [3.63, 3.8) is 0 Å². The van der Waals surface area contributed by atoms with E-state index in [-0.39, 0.29) is 24.1 Å². The first-order valence-corrected chi connectivity index (χ1v) is 8.31. The van der Waals surface area contributed by atoms with Crippen molar-refractivity contribution >= 4 is 6.09 Å². The molecule has 2 aromatic heterocycles. The maximum absolute atomic E-state index is 13.0. The molecule has 2 heterocycles. The van der Waals surface area contributed by atoms with Crippen LogP contribution in [0, 0.1) is 0 Å². The van der Waals surface area contributed by atoms with Gasteiger partial charge < -0.3 is 14.6 Å². The fraction of sp³-hybridized carbons (Fsp3) is 0.529. The van der Waals surface area contributed by atoms with Crippen LogP contribution in [0.4, 0.5) is 18.0 Å². The van der Waals surface area contributed by atoms with Crippen LogP contribution in [-0.2, 0) is 17.5 Å². The zero-order chi connectivity index (χ0) is 20.4. The molecule has 2 rings (SSSR count). The van der Waals surface area contributed by atoms with Gasteiger partial charge in [0, 0.05) is 12.2 Å². The largest absolute Gasteiger partial charge is 0.444 e. The third kappa shape index (κ3) is 5.66. The third-order valence-electron chi connectivity index (χ3n) is 3.33. The highest BCUT2D eigenvalue weighted by atomic mass is 19.4. The van der Waals surface area contributed by atoms with Crippen LogP contribution in [0.25, 0.3) is 11.5 Å². The van der Waals surface area contributed by atoms with Gasteiger partial charge in [-0.1, -0.05) is 0 Å². The summed E-state index contributed by atoms with van der Waals surface area (Å²) in [6, 6.07) is -0.237. The standard InChI is InChI=1S/C17H22F3N5O2/c1-10(2)25-9-13(17(18,19)20)24-14(25)12-8-21-11(6-22-12)7-23-15(26)27-16(3,4)5/h6,8-10H,7H2,1-5H3,(H,23,26). The second kappa shape index (κ2) is 7.53. The van der Waals surface area contributed by atoms with Gasteiger partial charge in [-0.2, -0.15) is 13.2 Å². The minimum Gasteiger partial charge on any atom is -0.444 e. The van der Waals surface area contributed by atoms with Crippen molar-refractivity contribution in [2.75, 3.05) is 0 Å². The van der Waals surface area contributed by atoms with Gasteiger partial charge in [0.05, 0.1) is 24.6 Å². The fourth-order valence-corrected chi connectivity index (χ4v) is 2.15. The lowest BCUT2D eigenvalue weighted by Gasteiger charge is -2.19. The van der Waals surface area contributed by atoms with E-state index < -0.39 is 23.6 Å². The average Bonchev–Trinajstić information content (AvgIpc) is 2.97. The molecule has 0 unspecified atom stereocenters. The maximum atomic E-state index is 13.0. The molecule has 0 radical (unpaired) electrons. The van der Waals surface area contributed by atoms with E-state index in [9.17, 15) is 18.0 Å². The molecule has 0 bridgehead atoms. The van der Waals surface area contributed by atoms with Crippen molar-refractivity contribution in [1.29, 1.82) is 0 Å². The molecule has 0 aliphatic rings. The number of halogens is 3. The second-order valence-electron chi connectivity index (χ2n) is 7.20. The first kappa shape index (κ1) is 20.7. The van der Waals surface area contributed by atoms with E-state index >= 15 is 0 Å². The van der Waals surface area contributed by atoms with Crippen LogP contribution in [0.3, 0.4) is 0 Å². The van der Waals surface area contributed by atoms with Gasteiger partial charge in [0.25, 0.3) is 0 Å². The van der Waals surface area contributed by atoms with Crippen molar-refractivity contribution in [3.8, 4) is 11.5 Å². The molecule has 0 aliphatic carbocycles. The number of alkyl halides is 3. The number of amides is 1. The summed E-state index contributed by atoms with van der Waals surface area (Å²) in [5.41, 5.74) is -0.962. The summed E-state index contributed by atoms with van der Waals surface area (Å²) in [5.74, 6) is 0.0801. The van der Waals surface area contributed by atoms with Gasteiger partial charge in [0.1, 0.15) is 11.3 Å². The van der Waals surface area contributed by atoms with Gasteiger partial charge in [-0.05, 0) is 34.6 Å². The molecule has 7 nitrogen and oxygen atoms in total. The van der Waals surface area contributed by atoms with Crippen LogP contribution in [0.5, 0.6) is 0 Å². The lowest BCUT2D eigenvalue weighted by Crippen LogP contribution is -2.32. The van der Waals surface area contributed by atoms with Crippen molar-refractivity contribution < 1.29 is 22.7 Å². The number of nitrogens with zero attached hydrogens (tertiary/aromatic N) is 4. The van der Waals surface area contributed by atoms with Crippen molar-refractivity contribution in [2.45, 2.75) is 59.0 Å². The van der Waals surface area contributed by atoms with E-state index in [4.69, 9.17) is 4.74 Å². The van der Waals surface area contributed by atoms with Crippen molar-refractivity contribution in [3.05, 3.63) is 30.0 Å². The predicted octanol–water partition coefficient (Wildman–Crippen LogP) is 3.96. The van der Waals surface area contributed by atoms with Crippen molar-refractivity contribution in [1.82, 2.24) is 24.8 Å². The number of aromatic nitrogens is 4. The van der Waals surface area contributed by atoms with E-state index in [1.54, 1.807) is 34.6 Å². The molecule has 0 aliphatic heterocycles. The highest BCUT2D eigenvalue weighted by Gasteiger charge is 2.35. The number of carbonyl (C=O) groups is 1. The lowest BCUT2D eigenvalue weighted by atomic mass is 10.2. The Kier molecular flexibility index (Phi) is 5.76. The molecule has 10 heteroatoms. The molecule has 0 fully saturated rings. The number of hydrogen-bond acceptors (Lipinski definition) is 5. The van der Waals surface area contributed by atoms with Crippen LogP contribution in [0.2, 0.25) is 0 Å². The summed E-state index contributed by atoms with van der Waals surface area (Å²) in [6.07, 6.45) is -1.48. The fourth-order valence-electron chi connectivity index (χ4n) is 2.15. The number of nitrogens with one attached hydrogen (secondary N) is 1. The van der Waals surface area contributed by atoms with Crippen LogP contribution in [-0.4, -0.2) is 31.2 Å². The van der Waals surface area contributed by atoms with Crippen LogP contribution in [0.1, 0.15) is 52.0 Å².